The van der Waals surface area contributed by atoms with Crippen LogP contribution in [0, 0.1) is 11.3 Å². The zero-order chi connectivity index (χ0) is 17.7. The van der Waals surface area contributed by atoms with Gasteiger partial charge < -0.3 is 14.4 Å². The molecule has 0 spiro atoms. The highest BCUT2D eigenvalue weighted by atomic mass is 16.5. The third kappa shape index (κ3) is 3.43. The first kappa shape index (κ1) is 17.6. The van der Waals surface area contributed by atoms with Crippen LogP contribution >= 0.6 is 0 Å². The van der Waals surface area contributed by atoms with Crippen LogP contribution in [-0.2, 0) is 9.53 Å². The number of ether oxygens (including phenoxy) is 2. The third-order valence-electron chi connectivity index (χ3n) is 3.92. The highest BCUT2D eigenvalue weighted by Crippen LogP contribution is 2.36. The molecule has 0 atom stereocenters. The highest BCUT2D eigenvalue weighted by Gasteiger charge is 2.23. The minimum atomic E-state index is -0.664. The lowest BCUT2D eigenvalue weighted by Crippen LogP contribution is -2.22. The normalized spacial score (nSPS) is 14.7. The lowest BCUT2D eigenvalue weighted by molar-refractivity contribution is -0.138. The largest absolute Gasteiger partial charge is 0.462 e. The summed E-state index contributed by atoms with van der Waals surface area (Å²) in [5, 5.41) is 9.30. The molecule has 5 heteroatoms. The van der Waals surface area contributed by atoms with Crippen LogP contribution < -0.4 is 9.64 Å². The van der Waals surface area contributed by atoms with Crippen LogP contribution in [-0.4, -0.2) is 25.7 Å². The summed E-state index contributed by atoms with van der Waals surface area (Å²) in [6.07, 6.45) is 1.70. The first-order valence-corrected chi connectivity index (χ1v) is 8.12. The van der Waals surface area contributed by atoms with Gasteiger partial charge >= 0.3 is 5.97 Å². The Morgan fingerprint density at radius 2 is 2.00 bits per heavy atom. The number of rotatable bonds is 5. The van der Waals surface area contributed by atoms with E-state index in [-0.39, 0.29) is 17.9 Å². The molecular formula is C19H22N2O3. The second-order valence-electron chi connectivity index (χ2n) is 5.35. The Hall–Kier alpha value is -2.74. The van der Waals surface area contributed by atoms with Gasteiger partial charge in [-0.25, -0.2) is 4.79 Å². The predicted molar refractivity (Wildman–Crippen MR) is 93.6 cm³/mol. The molecule has 0 aliphatic carbocycles. The van der Waals surface area contributed by atoms with Gasteiger partial charge in [0.2, 0.25) is 0 Å². The number of nitrogens with zero attached hydrogens (tertiary/aromatic N) is 2. The lowest BCUT2D eigenvalue weighted by Gasteiger charge is -2.25. The summed E-state index contributed by atoms with van der Waals surface area (Å²) < 4.78 is 10.8. The maximum absolute atomic E-state index is 11.9. The topological polar surface area (TPSA) is 62.6 Å². The van der Waals surface area contributed by atoms with Crippen molar-refractivity contribution in [1.82, 2.24) is 0 Å². The van der Waals surface area contributed by atoms with Crippen molar-refractivity contribution in [2.45, 2.75) is 27.7 Å². The van der Waals surface area contributed by atoms with Gasteiger partial charge in [0, 0.05) is 30.4 Å². The summed E-state index contributed by atoms with van der Waals surface area (Å²) in [4.78, 5) is 14.1. The van der Waals surface area contributed by atoms with Gasteiger partial charge in [0.05, 0.1) is 6.61 Å². The van der Waals surface area contributed by atoms with Gasteiger partial charge in [-0.05, 0) is 51.5 Å². The number of carbonyl (C=O) groups excluding carboxylic acids is 1. The average Bonchev–Trinajstić information content (AvgIpc) is 2.56. The van der Waals surface area contributed by atoms with Crippen LogP contribution in [0.5, 0.6) is 5.75 Å². The quantitative estimate of drug-likeness (QED) is 0.469. The zero-order valence-electron chi connectivity index (χ0n) is 14.5. The Morgan fingerprint density at radius 1 is 1.29 bits per heavy atom. The van der Waals surface area contributed by atoms with Crippen molar-refractivity contribution in [3.63, 3.8) is 0 Å². The smallest absolute Gasteiger partial charge is 0.352 e. The van der Waals surface area contributed by atoms with E-state index in [4.69, 9.17) is 9.47 Å². The summed E-state index contributed by atoms with van der Waals surface area (Å²) >= 11 is 0. The van der Waals surface area contributed by atoms with E-state index >= 15 is 0 Å². The SMILES string of the molecule is CCOC(=O)C(C#N)=C1C=C(C)c2ccc(N(CC)CC)cc2O1. The molecule has 5 nitrogen and oxygen atoms in total. The summed E-state index contributed by atoms with van der Waals surface area (Å²) in [7, 11) is 0. The molecule has 0 N–H and O–H groups in total. The Bertz CT molecular complexity index is 737. The van der Waals surface area contributed by atoms with Crippen molar-refractivity contribution in [1.29, 1.82) is 5.26 Å². The molecule has 126 valence electrons. The lowest BCUT2D eigenvalue weighted by atomic mass is 10.0. The molecule has 0 aromatic heterocycles. The molecule has 1 aromatic rings. The fourth-order valence-corrected chi connectivity index (χ4v) is 2.66. The van der Waals surface area contributed by atoms with Crippen molar-refractivity contribution in [3.05, 3.63) is 41.2 Å². The van der Waals surface area contributed by atoms with E-state index in [1.807, 2.05) is 25.1 Å². The number of carbonyl (C=O) groups is 1. The first-order chi connectivity index (χ1) is 11.5. The molecule has 2 rings (SSSR count). The molecule has 0 saturated heterocycles. The van der Waals surface area contributed by atoms with E-state index in [2.05, 4.69) is 24.8 Å². The first-order valence-electron chi connectivity index (χ1n) is 8.12. The number of hydrogen-bond donors (Lipinski definition) is 0. The van der Waals surface area contributed by atoms with E-state index in [1.54, 1.807) is 13.0 Å². The molecule has 1 heterocycles. The van der Waals surface area contributed by atoms with E-state index < -0.39 is 5.97 Å². The average molecular weight is 326 g/mol. The second-order valence-corrected chi connectivity index (χ2v) is 5.35. The van der Waals surface area contributed by atoms with Crippen molar-refractivity contribution >= 4 is 17.2 Å². The Kier molecular flexibility index (Phi) is 5.64. The Balaban J connectivity index is 2.47. The third-order valence-corrected chi connectivity index (χ3v) is 3.92. The van der Waals surface area contributed by atoms with Crippen LogP contribution in [0.15, 0.2) is 35.6 Å². The Labute approximate surface area is 142 Å². The fraction of sp³-hybridized carbons (Fsp3) is 0.368. The zero-order valence-corrected chi connectivity index (χ0v) is 14.5. The monoisotopic (exact) mass is 326 g/mol. The van der Waals surface area contributed by atoms with E-state index in [0.29, 0.717) is 5.75 Å². The van der Waals surface area contributed by atoms with Gasteiger partial charge in [-0.3, -0.25) is 0 Å². The van der Waals surface area contributed by atoms with Crippen molar-refractivity contribution in [2.24, 2.45) is 0 Å². The van der Waals surface area contributed by atoms with E-state index in [1.165, 1.54) is 0 Å². The number of esters is 1. The van der Waals surface area contributed by atoms with Gasteiger partial charge in [0.15, 0.2) is 11.3 Å². The second kappa shape index (κ2) is 7.69. The fourth-order valence-electron chi connectivity index (χ4n) is 2.66. The van der Waals surface area contributed by atoms with Gasteiger partial charge in [-0.15, -0.1) is 0 Å². The van der Waals surface area contributed by atoms with Gasteiger partial charge in [-0.1, -0.05) is 0 Å². The van der Waals surface area contributed by atoms with Crippen molar-refractivity contribution < 1.29 is 14.3 Å². The van der Waals surface area contributed by atoms with Crippen LogP contribution in [0.1, 0.15) is 33.3 Å². The number of benzene rings is 1. The Morgan fingerprint density at radius 3 is 2.58 bits per heavy atom. The summed E-state index contributed by atoms with van der Waals surface area (Å²) in [5.41, 5.74) is 2.82. The van der Waals surface area contributed by atoms with Gasteiger partial charge in [0.1, 0.15) is 11.8 Å². The molecule has 0 amide bonds. The van der Waals surface area contributed by atoms with Crippen LogP contribution in [0.3, 0.4) is 0 Å². The summed E-state index contributed by atoms with van der Waals surface area (Å²) in [5.74, 6) is 0.214. The molecular weight excluding hydrogens is 304 g/mol. The van der Waals surface area contributed by atoms with Crippen LogP contribution in [0.25, 0.3) is 5.57 Å². The minimum absolute atomic E-state index is 0.116. The minimum Gasteiger partial charge on any atom is -0.462 e. The molecule has 24 heavy (non-hydrogen) atoms. The summed E-state index contributed by atoms with van der Waals surface area (Å²) in [6.45, 7) is 9.80. The number of fused-ring (bicyclic) bond motifs is 1. The molecule has 1 aliphatic heterocycles. The van der Waals surface area contributed by atoms with Crippen LogP contribution in [0.2, 0.25) is 0 Å². The number of hydrogen-bond acceptors (Lipinski definition) is 5. The van der Waals surface area contributed by atoms with Crippen molar-refractivity contribution in [2.75, 3.05) is 24.6 Å². The molecule has 0 bridgehead atoms. The number of anilines is 1. The molecule has 0 saturated carbocycles. The number of nitriles is 1. The maximum atomic E-state index is 11.9. The molecule has 0 fully saturated rings. The highest BCUT2D eigenvalue weighted by molar-refractivity contribution is 5.95. The van der Waals surface area contributed by atoms with Crippen molar-refractivity contribution in [3.8, 4) is 11.8 Å². The molecule has 1 aliphatic rings. The van der Waals surface area contributed by atoms with Crippen LogP contribution in [0.4, 0.5) is 5.69 Å². The van der Waals surface area contributed by atoms with E-state index in [9.17, 15) is 10.1 Å². The molecule has 1 aromatic carbocycles. The maximum Gasteiger partial charge on any atom is 0.352 e. The number of allylic oxidation sites excluding steroid dienone is 2. The standard InChI is InChI=1S/C19H22N2O3/c1-5-21(6-2)14-8-9-15-13(4)10-17(24-18(15)11-14)16(12-20)19(22)23-7-3/h8-11H,5-7H2,1-4H3. The predicted octanol–water partition coefficient (Wildman–Crippen LogP) is 3.67. The van der Waals surface area contributed by atoms with E-state index in [0.717, 1.165) is 29.9 Å². The summed E-state index contributed by atoms with van der Waals surface area (Å²) in [6, 6.07) is 7.89. The molecule has 0 unspecified atom stereocenters. The molecule has 0 radical (unpaired) electrons. The van der Waals surface area contributed by atoms with Gasteiger partial charge in [0.25, 0.3) is 0 Å². The van der Waals surface area contributed by atoms with Gasteiger partial charge in [-0.2, -0.15) is 5.26 Å².